The van der Waals surface area contributed by atoms with Gasteiger partial charge in [0.15, 0.2) is 0 Å². The number of nitrogens with zero attached hydrogens (tertiary/aromatic N) is 2. The minimum atomic E-state index is -0.0539. The van der Waals surface area contributed by atoms with Gasteiger partial charge in [-0.3, -0.25) is 14.5 Å². The molecule has 1 aliphatic heterocycles. The van der Waals surface area contributed by atoms with Crippen molar-refractivity contribution in [2.24, 2.45) is 0 Å². The van der Waals surface area contributed by atoms with Crippen LogP contribution >= 0.6 is 0 Å². The normalized spacial score (nSPS) is 13.7. The molecular weight excluding hydrogens is 338 g/mol. The maximum absolute atomic E-state index is 12.5. The second-order valence-corrected chi connectivity index (χ2v) is 6.84. The van der Waals surface area contributed by atoms with Gasteiger partial charge in [0, 0.05) is 37.4 Å². The number of amides is 2. The number of benzene rings is 2. The zero-order chi connectivity index (χ0) is 19.2. The third-order valence-corrected chi connectivity index (χ3v) is 5.02. The van der Waals surface area contributed by atoms with Crippen molar-refractivity contribution < 1.29 is 9.59 Å². The van der Waals surface area contributed by atoms with Crippen LogP contribution in [-0.4, -0.2) is 47.8 Å². The lowest BCUT2D eigenvalue weighted by molar-refractivity contribution is -0.117. The first kappa shape index (κ1) is 19.1. The van der Waals surface area contributed by atoms with E-state index in [9.17, 15) is 9.59 Å². The molecule has 1 aliphatic rings. The molecule has 5 nitrogen and oxygen atoms in total. The Bertz CT molecular complexity index is 815. The average Bonchev–Trinajstić information content (AvgIpc) is 2.69. The van der Waals surface area contributed by atoms with Crippen molar-refractivity contribution in [1.29, 1.82) is 0 Å². The summed E-state index contributed by atoms with van der Waals surface area (Å²) in [6.45, 7) is 7.29. The summed E-state index contributed by atoms with van der Waals surface area (Å²) in [6.07, 6.45) is 0.970. The monoisotopic (exact) mass is 365 g/mol. The van der Waals surface area contributed by atoms with Gasteiger partial charge in [-0.25, -0.2) is 0 Å². The fraction of sp³-hybridized carbons (Fsp3) is 0.364. The average molecular weight is 365 g/mol. The summed E-state index contributed by atoms with van der Waals surface area (Å²) in [5, 5.41) is 2.93. The molecule has 142 valence electrons. The number of nitrogens with one attached hydrogen (secondary N) is 1. The van der Waals surface area contributed by atoms with Crippen molar-refractivity contribution in [2.45, 2.75) is 26.8 Å². The molecule has 1 N–H and O–H groups in total. The van der Waals surface area contributed by atoms with E-state index in [0.717, 1.165) is 19.5 Å². The molecule has 0 aromatic heterocycles. The molecule has 2 aromatic carbocycles. The highest BCUT2D eigenvalue weighted by atomic mass is 16.2. The number of carbonyl (C=O) groups excluding carboxylic acids is 2. The van der Waals surface area contributed by atoms with E-state index in [1.54, 1.807) is 17.0 Å². The molecule has 3 rings (SSSR count). The van der Waals surface area contributed by atoms with E-state index in [0.29, 0.717) is 30.9 Å². The molecule has 0 radical (unpaired) electrons. The summed E-state index contributed by atoms with van der Waals surface area (Å²) in [4.78, 5) is 28.9. The van der Waals surface area contributed by atoms with Gasteiger partial charge < -0.3 is 10.2 Å². The Labute approximate surface area is 161 Å². The molecule has 2 amide bonds. The maximum atomic E-state index is 12.5. The minimum Gasteiger partial charge on any atom is -0.339 e. The van der Waals surface area contributed by atoms with Crippen LogP contribution in [0.2, 0.25) is 0 Å². The van der Waals surface area contributed by atoms with E-state index in [1.165, 1.54) is 11.1 Å². The second kappa shape index (κ2) is 8.82. The molecule has 0 saturated heterocycles. The molecule has 5 heteroatoms. The molecule has 0 fully saturated rings. The number of fused-ring (bicyclic) bond motifs is 1. The third-order valence-electron chi connectivity index (χ3n) is 5.02. The van der Waals surface area contributed by atoms with Gasteiger partial charge in [-0.2, -0.15) is 0 Å². The number of anilines is 1. The summed E-state index contributed by atoms with van der Waals surface area (Å²) in [6, 6.07) is 15.6. The largest absolute Gasteiger partial charge is 0.339 e. The van der Waals surface area contributed by atoms with Crippen LogP contribution in [-0.2, 0) is 17.8 Å². The van der Waals surface area contributed by atoms with Crippen molar-refractivity contribution >= 4 is 17.5 Å². The molecule has 0 saturated carbocycles. The fourth-order valence-corrected chi connectivity index (χ4v) is 3.52. The van der Waals surface area contributed by atoms with Gasteiger partial charge in [0.25, 0.3) is 5.91 Å². The first-order valence-electron chi connectivity index (χ1n) is 9.59. The maximum Gasteiger partial charge on any atom is 0.253 e. The van der Waals surface area contributed by atoms with Gasteiger partial charge in [-0.15, -0.1) is 0 Å². The van der Waals surface area contributed by atoms with Crippen LogP contribution in [0.25, 0.3) is 0 Å². The van der Waals surface area contributed by atoms with Crippen LogP contribution in [0.4, 0.5) is 5.69 Å². The van der Waals surface area contributed by atoms with E-state index in [-0.39, 0.29) is 11.8 Å². The molecule has 0 atom stereocenters. The van der Waals surface area contributed by atoms with Gasteiger partial charge in [0.1, 0.15) is 0 Å². The summed E-state index contributed by atoms with van der Waals surface area (Å²) < 4.78 is 0. The van der Waals surface area contributed by atoms with Crippen LogP contribution < -0.4 is 5.32 Å². The number of hydrogen-bond acceptors (Lipinski definition) is 3. The van der Waals surface area contributed by atoms with E-state index in [1.807, 2.05) is 32.0 Å². The first-order chi connectivity index (χ1) is 13.1. The molecule has 27 heavy (non-hydrogen) atoms. The van der Waals surface area contributed by atoms with Crippen molar-refractivity contribution in [2.75, 3.05) is 31.5 Å². The van der Waals surface area contributed by atoms with Crippen LogP contribution in [0, 0.1) is 0 Å². The molecule has 0 spiro atoms. The highest BCUT2D eigenvalue weighted by Crippen LogP contribution is 2.18. The van der Waals surface area contributed by atoms with Gasteiger partial charge in [-0.05, 0) is 49.6 Å². The smallest absolute Gasteiger partial charge is 0.253 e. The fourth-order valence-electron chi connectivity index (χ4n) is 3.52. The SMILES string of the molecule is CCN(CC)C(=O)c1cccc(NC(=O)CN2CCc3ccccc3C2)c1. The molecular formula is C22H27N3O2. The van der Waals surface area contributed by atoms with Crippen LogP contribution in [0.3, 0.4) is 0 Å². The van der Waals surface area contributed by atoms with Crippen molar-refractivity contribution in [1.82, 2.24) is 9.80 Å². The Hall–Kier alpha value is -2.66. The number of rotatable bonds is 6. The van der Waals surface area contributed by atoms with Gasteiger partial charge in [-0.1, -0.05) is 30.3 Å². The number of carbonyl (C=O) groups is 2. The third kappa shape index (κ3) is 4.74. The quantitative estimate of drug-likeness (QED) is 0.855. The molecule has 0 aliphatic carbocycles. The standard InChI is InChI=1S/C22H27N3O2/c1-3-25(4-2)22(27)18-10-7-11-20(14-18)23-21(26)16-24-13-12-17-8-5-6-9-19(17)15-24/h5-11,14H,3-4,12-13,15-16H2,1-2H3,(H,23,26). The Morgan fingerprint density at radius 2 is 1.78 bits per heavy atom. The molecule has 0 unspecified atom stereocenters. The summed E-state index contributed by atoms with van der Waals surface area (Å²) in [5.74, 6) is -0.0643. The van der Waals surface area contributed by atoms with E-state index < -0.39 is 0 Å². The lowest BCUT2D eigenvalue weighted by atomic mass is 10.00. The van der Waals surface area contributed by atoms with Crippen LogP contribution in [0.15, 0.2) is 48.5 Å². The van der Waals surface area contributed by atoms with Crippen molar-refractivity contribution in [3.63, 3.8) is 0 Å². The summed E-state index contributed by atoms with van der Waals surface area (Å²) in [7, 11) is 0. The lowest BCUT2D eigenvalue weighted by Gasteiger charge is -2.28. The van der Waals surface area contributed by atoms with E-state index >= 15 is 0 Å². The first-order valence-corrected chi connectivity index (χ1v) is 9.59. The predicted molar refractivity (Wildman–Crippen MR) is 108 cm³/mol. The zero-order valence-electron chi connectivity index (χ0n) is 16.1. The minimum absolute atomic E-state index is 0.0104. The highest BCUT2D eigenvalue weighted by Gasteiger charge is 2.18. The van der Waals surface area contributed by atoms with Crippen molar-refractivity contribution in [3.05, 3.63) is 65.2 Å². The molecule has 1 heterocycles. The Kier molecular flexibility index (Phi) is 6.24. The van der Waals surface area contributed by atoms with Gasteiger partial charge >= 0.3 is 0 Å². The Balaban J connectivity index is 1.60. The molecule has 2 aromatic rings. The Morgan fingerprint density at radius 1 is 1.04 bits per heavy atom. The zero-order valence-corrected chi connectivity index (χ0v) is 16.1. The van der Waals surface area contributed by atoms with Crippen molar-refractivity contribution in [3.8, 4) is 0 Å². The second-order valence-electron chi connectivity index (χ2n) is 6.84. The predicted octanol–water partition coefficient (Wildman–Crippen LogP) is 3.17. The Morgan fingerprint density at radius 3 is 2.52 bits per heavy atom. The highest BCUT2D eigenvalue weighted by molar-refractivity contribution is 5.97. The lowest BCUT2D eigenvalue weighted by Crippen LogP contribution is -2.37. The van der Waals surface area contributed by atoms with E-state index in [2.05, 4.69) is 28.4 Å². The summed E-state index contributed by atoms with van der Waals surface area (Å²) in [5.41, 5.74) is 3.93. The van der Waals surface area contributed by atoms with Gasteiger partial charge in [0.05, 0.1) is 6.54 Å². The van der Waals surface area contributed by atoms with Crippen LogP contribution in [0.1, 0.15) is 35.3 Å². The van der Waals surface area contributed by atoms with E-state index in [4.69, 9.17) is 0 Å². The number of hydrogen-bond donors (Lipinski definition) is 1. The topological polar surface area (TPSA) is 52.7 Å². The summed E-state index contributed by atoms with van der Waals surface area (Å²) >= 11 is 0. The van der Waals surface area contributed by atoms with Crippen LogP contribution in [0.5, 0.6) is 0 Å². The van der Waals surface area contributed by atoms with Gasteiger partial charge in [0.2, 0.25) is 5.91 Å². The molecule has 0 bridgehead atoms.